The fourth-order valence-electron chi connectivity index (χ4n) is 6.24. The Morgan fingerprint density at radius 2 is 1.66 bits per heavy atom. The molecule has 5 amide bonds. The zero-order valence-corrected chi connectivity index (χ0v) is 29.9. The Bertz CT molecular complexity index is 2370. The van der Waals surface area contributed by atoms with Crippen molar-refractivity contribution in [1.82, 2.24) is 25.5 Å². The van der Waals surface area contributed by atoms with Crippen molar-refractivity contribution >= 4 is 35.1 Å². The summed E-state index contributed by atoms with van der Waals surface area (Å²) in [6, 6.07) is 16.2. The van der Waals surface area contributed by atoms with E-state index in [0.717, 1.165) is 27.8 Å². The number of urea groups is 1. The van der Waals surface area contributed by atoms with E-state index < -0.39 is 64.3 Å². The van der Waals surface area contributed by atoms with Crippen LogP contribution in [0.25, 0.3) is 11.1 Å². The molecule has 0 spiro atoms. The van der Waals surface area contributed by atoms with Gasteiger partial charge in [0.15, 0.2) is 0 Å². The van der Waals surface area contributed by atoms with Gasteiger partial charge in [-0.2, -0.15) is 4.39 Å². The number of pyridine rings is 2. The molecule has 16 heteroatoms. The molecule has 0 unspecified atom stereocenters. The summed E-state index contributed by atoms with van der Waals surface area (Å²) >= 11 is 0. The van der Waals surface area contributed by atoms with Gasteiger partial charge in [0.1, 0.15) is 29.1 Å². The van der Waals surface area contributed by atoms with Crippen molar-refractivity contribution in [2.24, 2.45) is 0 Å². The predicted molar refractivity (Wildman–Crippen MR) is 199 cm³/mol. The van der Waals surface area contributed by atoms with Gasteiger partial charge in [-0.15, -0.1) is 0 Å². The van der Waals surface area contributed by atoms with Crippen LogP contribution in [-0.4, -0.2) is 59.0 Å². The zero-order valence-electron chi connectivity index (χ0n) is 29.9. The third-order valence-electron chi connectivity index (χ3n) is 9.04. The number of aryl methyl sites for hydroxylation is 1. The van der Waals surface area contributed by atoms with E-state index in [1.54, 1.807) is 31.2 Å². The summed E-state index contributed by atoms with van der Waals surface area (Å²) in [6.45, 7) is 1.64. The maximum Gasteiger partial charge on any atom is 0.328 e. The van der Waals surface area contributed by atoms with Crippen molar-refractivity contribution in [3.8, 4) is 11.1 Å². The number of carbonyl (C=O) groups excluding carboxylic acids is 4. The fraction of sp³-hybridized carbons (Fsp3) is 0.200. The number of hydrogen-bond donors (Lipinski definition) is 4. The number of anilines is 2. The highest BCUT2D eigenvalue weighted by molar-refractivity contribution is 6.05. The molecule has 2 aromatic heterocycles. The molecule has 4 N–H and O–H groups in total. The van der Waals surface area contributed by atoms with Crippen molar-refractivity contribution in [2.45, 2.75) is 32.4 Å². The lowest BCUT2D eigenvalue weighted by Gasteiger charge is -2.27. The standard InChI is InChI=1S/C40H35F4N7O5/c1-23-16-35(44)47-20-31(23)29-5-3-2-4-25(29)17-33(48-37(53)30-18-27(42)22-50(39(30)55)21-24-6-8-26(41)9-7-24)38(54)46-14-13-45-28-10-11-34(32(43)19-28)51-15-12-36(52)49-40(51)56/h2-11,16,18-20,22,33,45H,12-15,17,21H2,1H3,(H,46,54)(H,48,53)(H,49,52,56)/t33-/m0/s1. The van der Waals surface area contributed by atoms with Gasteiger partial charge in [-0.1, -0.05) is 36.4 Å². The number of carbonyl (C=O) groups is 4. The van der Waals surface area contributed by atoms with Gasteiger partial charge in [0.2, 0.25) is 17.8 Å². The summed E-state index contributed by atoms with van der Waals surface area (Å²) in [5.74, 6) is -4.93. The van der Waals surface area contributed by atoms with Crippen molar-refractivity contribution in [3.63, 3.8) is 0 Å². The normalized spacial score (nSPS) is 13.2. The molecule has 0 saturated carbocycles. The topological polar surface area (TPSA) is 155 Å². The van der Waals surface area contributed by atoms with E-state index >= 15 is 0 Å². The van der Waals surface area contributed by atoms with Crippen molar-refractivity contribution < 1.29 is 36.7 Å². The van der Waals surface area contributed by atoms with Gasteiger partial charge in [-0.3, -0.25) is 29.4 Å². The van der Waals surface area contributed by atoms with Crippen LogP contribution in [0.4, 0.5) is 33.7 Å². The summed E-state index contributed by atoms with van der Waals surface area (Å²) in [6.07, 6.45) is 2.19. The Hall–Kier alpha value is -6.84. The molecule has 1 atom stereocenters. The van der Waals surface area contributed by atoms with E-state index in [1.165, 1.54) is 48.7 Å². The van der Waals surface area contributed by atoms with Crippen LogP contribution in [0.15, 0.2) is 96.1 Å². The summed E-state index contributed by atoms with van der Waals surface area (Å²) in [5.41, 5.74) is 1.70. The van der Waals surface area contributed by atoms with Gasteiger partial charge in [0, 0.05) is 56.1 Å². The SMILES string of the molecule is Cc1cc(F)ncc1-c1ccccc1C[C@H](NC(=O)c1cc(F)cn(Cc2ccc(F)cc2)c1=O)C(=O)NCCNc1ccc(N2CCC(=O)NC2=O)c(F)c1. The molecule has 56 heavy (non-hydrogen) atoms. The van der Waals surface area contributed by atoms with E-state index in [4.69, 9.17) is 0 Å². The Morgan fingerprint density at radius 1 is 0.893 bits per heavy atom. The van der Waals surface area contributed by atoms with Crippen LogP contribution in [0.2, 0.25) is 0 Å². The van der Waals surface area contributed by atoms with Crippen LogP contribution in [0, 0.1) is 30.3 Å². The fourth-order valence-corrected chi connectivity index (χ4v) is 6.24. The lowest BCUT2D eigenvalue weighted by molar-refractivity contribution is -0.123. The number of nitrogens with one attached hydrogen (secondary N) is 4. The molecule has 1 aliphatic heterocycles. The average Bonchev–Trinajstić information content (AvgIpc) is 3.16. The summed E-state index contributed by atoms with van der Waals surface area (Å²) in [7, 11) is 0. The maximum absolute atomic E-state index is 15.0. The summed E-state index contributed by atoms with van der Waals surface area (Å²) in [5, 5.41) is 10.4. The van der Waals surface area contributed by atoms with Gasteiger partial charge in [0.05, 0.1) is 12.2 Å². The van der Waals surface area contributed by atoms with Gasteiger partial charge >= 0.3 is 6.03 Å². The third-order valence-corrected chi connectivity index (χ3v) is 9.04. The molecule has 0 radical (unpaired) electrons. The first-order valence-corrected chi connectivity index (χ1v) is 17.4. The lowest BCUT2D eigenvalue weighted by atomic mass is 9.93. The second-order valence-electron chi connectivity index (χ2n) is 13.0. The highest BCUT2D eigenvalue weighted by Crippen LogP contribution is 2.28. The Kier molecular flexibility index (Phi) is 11.9. The largest absolute Gasteiger partial charge is 0.383 e. The van der Waals surface area contributed by atoms with Crippen molar-refractivity contribution in [3.05, 3.63) is 147 Å². The van der Waals surface area contributed by atoms with E-state index in [1.807, 2.05) is 0 Å². The van der Waals surface area contributed by atoms with Crippen LogP contribution in [0.3, 0.4) is 0 Å². The molecule has 0 aliphatic carbocycles. The third kappa shape index (κ3) is 9.26. The predicted octanol–water partition coefficient (Wildman–Crippen LogP) is 4.84. The molecule has 3 heterocycles. The number of nitrogens with zero attached hydrogens (tertiary/aromatic N) is 3. The first-order chi connectivity index (χ1) is 26.9. The van der Waals surface area contributed by atoms with E-state index in [9.17, 15) is 41.5 Å². The first-order valence-electron chi connectivity index (χ1n) is 17.4. The van der Waals surface area contributed by atoms with Crippen LogP contribution >= 0.6 is 0 Å². The van der Waals surface area contributed by atoms with E-state index in [0.29, 0.717) is 33.5 Å². The molecule has 0 bridgehead atoms. The maximum atomic E-state index is 15.0. The van der Waals surface area contributed by atoms with Gasteiger partial charge < -0.3 is 20.5 Å². The number of amides is 5. The van der Waals surface area contributed by atoms with E-state index in [-0.39, 0.29) is 44.7 Å². The van der Waals surface area contributed by atoms with Crippen LogP contribution < -0.4 is 31.7 Å². The minimum atomic E-state index is -1.31. The van der Waals surface area contributed by atoms with Crippen LogP contribution in [-0.2, 0) is 22.6 Å². The Balaban J connectivity index is 1.20. The molecule has 5 aromatic rings. The smallest absolute Gasteiger partial charge is 0.328 e. The van der Waals surface area contributed by atoms with Gasteiger partial charge in [0.25, 0.3) is 11.5 Å². The number of rotatable bonds is 13. The minimum absolute atomic E-state index is 0.0140. The molecular formula is C40H35F4N7O5. The number of aromatic nitrogens is 2. The molecule has 6 rings (SSSR count). The van der Waals surface area contributed by atoms with E-state index in [2.05, 4.69) is 26.3 Å². The number of hydrogen-bond acceptors (Lipinski definition) is 7. The minimum Gasteiger partial charge on any atom is -0.383 e. The molecule has 1 fully saturated rings. The molecular weight excluding hydrogens is 734 g/mol. The number of benzene rings is 3. The number of halogens is 4. The summed E-state index contributed by atoms with van der Waals surface area (Å²) in [4.78, 5) is 69.4. The first kappa shape index (κ1) is 38.9. The second-order valence-corrected chi connectivity index (χ2v) is 13.0. The van der Waals surface area contributed by atoms with Gasteiger partial charge in [-0.05, 0) is 71.6 Å². The zero-order chi connectivity index (χ0) is 39.9. The second kappa shape index (κ2) is 17.1. The highest BCUT2D eigenvalue weighted by atomic mass is 19.1. The average molecular weight is 770 g/mol. The Morgan fingerprint density at radius 3 is 2.39 bits per heavy atom. The van der Waals surface area contributed by atoms with Crippen molar-refractivity contribution in [1.29, 1.82) is 0 Å². The Labute approximate surface area is 317 Å². The molecule has 1 saturated heterocycles. The summed E-state index contributed by atoms with van der Waals surface area (Å²) < 4.78 is 58.1. The van der Waals surface area contributed by atoms with Crippen LogP contribution in [0.5, 0.6) is 0 Å². The molecule has 288 valence electrons. The van der Waals surface area contributed by atoms with Gasteiger partial charge in [-0.25, -0.2) is 22.9 Å². The van der Waals surface area contributed by atoms with Crippen LogP contribution in [0.1, 0.15) is 33.5 Å². The monoisotopic (exact) mass is 769 g/mol. The quantitative estimate of drug-likeness (QED) is 0.0760. The highest BCUT2D eigenvalue weighted by Gasteiger charge is 2.27. The molecule has 1 aliphatic rings. The van der Waals surface area contributed by atoms with Crippen molar-refractivity contribution in [2.75, 3.05) is 29.9 Å². The molecule has 12 nitrogen and oxygen atoms in total. The lowest BCUT2D eigenvalue weighted by Crippen LogP contribution is -2.50. The number of imide groups is 1. The molecule has 3 aromatic carbocycles.